The predicted octanol–water partition coefficient (Wildman–Crippen LogP) is 2.25. The average Bonchev–Trinajstić information content (AvgIpc) is 3.31. The lowest BCUT2D eigenvalue weighted by atomic mass is 10.0. The van der Waals surface area contributed by atoms with Gasteiger partial charge in [0, 0.05) is 25.9 Å². The molecular formula is C20H29N5O4S. The number of imidazole rings is 1. The van der Waals surface area contributed by atoms with Gasteiger partial charge in [-0.25, -0.2) is 14.8 Å². The van der Waals surface area contributed by atoms with Crippen LogP contribution in [0.5, 0.6) is 0 Å². The molecule has 2 aromatic heterocycles. The number of H-pyrrole nitrogens is 1. The van der Waals surface area contributed by atoms with Crippen LogP contribution in [0.25, 0.3) is 0 Å². The fraction of sp³-hybridized carbons (Fsp3) is 0.600. The van der Waals surface area contributed by atoms with E-state index in [1.54, 1.807) is 14.0 Å². The van der Waals surface area contributed by atoms with Crippen molar-refractivity contribution in [3.05, 3.63) is 27.8 Å². The Labute approximate surface area is 180 Å². The number of aryl methyl sites for hydroxylation is 3. The zero-order valence-electron chi connectivity index (χ0n) is 18.1. The molecule has 1 fully saturated rings. The van der Waals surface area contributed by atoms with E-state index in [0.29, 0.717) is 42.5 Å². The third-order valence-electron chi connectivity index (χ3n) is 5.23. The second-order valence-corrected chi connectivity index (χ2v) is 8.21. The highest BCUT2D eigenvalue weighted by atomic mass is 32.1. The number of aromatic amines is 1. The summed E-state index contributed by atoms with van der Waals surface area (Å²) in [6.07, 6.45) is 1.26. The van der Waals surface area contributed by atoms with E-state index in [-0.39, 0.29) is 24.0 Å². The number of hydrogen-bond acceptors (Lipinski definition) is 8. The molecule has 2 atom stereocenters. The van der Waals surface area contributed by atoms with E-state index in [1.807, 2.05) is 20.8 Å². The highest BCUT2D eigenvalue weighted by Crippen LogP contribution is 2.29. The molecule has 2 N–H and O–H groups in total. The molecule has 0 unspecified atom stereocenters. The van der Waals surface area contributed by atoms with Gasteiger partial charge in [-0.1, -0.05) is 18.3 Å². The molecule has 9 nitrogen and oxygen atoms in total. The zero-order chi connectivity index (χ0) is 21.8. The minimum absolute atomic E-state index is 0.139. The van der Waals surface area contributed by atoms with Gasteiger partial charge in [-0.3, -0.25) is 4.79 Å². The van der Waals surface area contributed by atoms with E-state index < -0.39 is 0 Å². The first kappa shape index (κ1) is 22.2. The molecule has 0 aromatic carbocycles. The smallest absolute Gasteiger partial charge is 0.350 e. The highest BCUT2D eigenvalue weighted by Gasteiger charge is 2.33. The van der Waals surface area contributed by atoms with E-state index in [1.165, 1.54) is 11.3 Å². The molecule has 0 aliphatic carbocycles. The quantitative estimate of drug-likeness (QED) is 0.642. The Kier molecular flexibility index (Phi) is 7.09. The van der Waals surface area contributed by atoms with Crippen LogP contribution in [0.2, 0.25) is 0 Å². The Balaban J connectivity index is 1.67. The number of rotatable bonds is 7. The van der Waals surface area contributed by atoms with E-state index in [9.17, 15) is 9.59 Å². The minimum Gasteiger partial charge on any atom is -0.462 e. The van der Waals surface area contributed by atoms with Crippen molar-refractivity contribution in [2.24, 2.45) is 0 Å². The van der Waals surface area contributed by atoms with Crippen LogP contribution in [0.3, 0.4) is 0 Å². The number of esters is 1. The summed E-state index contributed by atoms with van der Waals surface area (Å²) in [7, 11) is 1.64. The number of anilines is 1. The lowest BCUT2D eigenvalue weighted by Gasteiger charge is -2.37. The van der Waals surface area contributed by atoms with Gasteiger partial charge in [0.1, 0.15) is 4.88 Å². The van der Waals surface area contributed by atoms with Gasteiger partial charge >= 0.3 is 5.97 Å². The molecule has 164 valence electrons. The van der Waals surface area contributed by atoms with Crippen molar-refractivity contribution in [1.29, 1.82) is 0 Å². The van der Waals surface area contributed by atoms with Gasteiger partial charge in [-0.2, -0.15) is 0 Å². The average molecular weight is 436 g/mol. The number of carbonyl (C=O) groups excluding carboxylic acids is 2. The van der Waals surface area contributed by atoms with Crippen molar-refractivity contribution < 1.29 is 19.1 Å². The van der Waals surface area contributed by atoms with Crippen LogP contribution < -0.4 is 10.2 Å². The Bertz CT molecular complexity index is 909. The van der Waals surface area contributed by atoms with Crippen molar-refractivity contribution in [2.75, 3.05) is 31.7 Å². The zero-order valence-corrected chi connectivity index (χ0v) is 18.9. The topological polar surface area (TPSA) is 109 Å². The molecular weight excluding hydrogens is 406 g/mol. The van der Waals surface area contributed by atoms with E-state index in [0.717, 1.165) is 22.9 Å². The van der Waals surface area contributed by atoms with Crippen LogP contribution in [-0.4, -0.2) is 65.8 Å². The monoisotopic (exact) mass is 435 g/mol. The summed E-state index contributed by atoms with van der Waals surface area (Å²) in [6.45, 7) is 9.10. The summed E-state index contributed by atoms with van der Waals surface area (Å²) in [6, 6.07) is -0.139. The van der Waals surface area contributed by atoms with Gasteiger partial charge in [0.05, 0.1) is 30.1 Å². The maximum Gasteiger partial charge on any atom is 0.350 e. The SMILES string of the molecule is CCOC(=O)c1sc(N2CC[C@H](NC(=O)c3nc(CC)c(C)[nH]3)[C@H](OC)C2)nc1C. The summed E-state index contributed by atoms with van der Waals surface area (Å²) >= 11 is 1.33. The van der Waals surface area contributed by atoms with Gasteiger partial charge in [-0.05, 0) is 33.6 Å². The number of aromatic nitrogens is 3. The van der Waals surface area contributed by atoms with Crippen molar-refractivity contribution in [1.82, 2.24) is 20.3 Å². The van der Waals surface area contributed by atoms with Gasteiger partial charge < -0.3 is 24.7 Å². The molecule has 0 spiro atoms. The molecule has 10 heteroatoms. The van der Waals surface area contributed by atoms with Gasteiger partial charge in [0.15, 0.2) is 11.0 Å². The number of nitrogens with one attached hydrogen (secondary N) is 2. The molecule has 1 amide bonds. The molecule has 3 heterocycles. The number of carbonyl (C=O) groups is 2. The van der Waals surface area contributed by atoms with E-state index in [2.05, 4.69) is 25.2 Å². The summed E-state index contributed by atoms with van der Waals surface area (Å²) in [5.74, 6) is -0.242. The maximum atomic E-state index is 12.7. The molecule has 0 saturated carbocycles. The first-order valence-corrected chi connectivity index (χ1v) is 11.0. The van der Waals surface area contributed by atoms with Crippen LogP contribution in [0, 0.1) is 13.8 Å². The van der Waals surface area contributed by atoms with Crippen molar-refractivity contribution in [3.8, 4) is 0 Å². The molecule has 30 heavy (non-hydrogen) atoms. The van der Waals surface area contributed by atoms with Crippen molar-refractivity contribution >= 4 is 28.3 Å². The first-order valence-electron chi connectivity index (χ1n) is 10.2. The van der Waals surface area contributed by atoms with Gasteiger partial charge in [0.2, 0.25) is 0 Å². The standard InChI is InChI=1S/C20H29N5O4S/c1-6-13-11(3)21-17(23-13)18(26)24-14-8-9-25(10-15(14)28-5)20-22-12(4)16(30-20)19(27)29-7-2/h14-15H,6-10H2,1-5H3,(H,21,23)(H,24,26)/t14-,15+/m0/s1. The Hall–Kier alpha value is -2.46. The lowest BCUT2D eigenvalue weighted by Crippen LogP contribution is -2.55. The number of amides is 1. The Morgan fingerprint density at radius 1 is 1.30 bits per heavy atom. The number of methoxy groups -OCH3 is 1. The van der Waals surface area contributed by atoms with E-state index >= 15 is 0 Å². The highest BCUT2D eigenvalue weighted by molar-refractivity contribution is 7.17. The Morgan fingerprint density at radius 3 is 2.70 bits per heavy atom. The molecule has 0 radical (unpaired) electrons. The van der Waals surface area contributed by atoms with Crippen LogP contribution in [0.1, 0.15) is 57.6 Å². The molecule has 1 saturated heterocycles. The molecule has 1 aliphatic heterocycles. The van der Waals surface area contributed by atoms with Crippen LogP contribution in [-0.2, 0) is 15.9 Å². The third kappa shape index (κ3) is 4.65. The van der Waals surface area contributed by atoms with Crippen molar-refractivity contribution in [2.45, 2.75) is 52.7 Å². The predicted molar refractivity (Wildman–Crippen MR) is 114 cm³/mol. The lowest BCUT2D eigenvalue weighted by molar-refractivity contribution is 0.0530. The molecule has 1 aliphatic rings. The summed E-state index contributed by atoms with van der Waals surface area (Å²) in [4.78, 5) is 39.3. The van der Waals surface area contributed by atoms with Crippen LogP contribution in [0.15, 0.2) is 0 Å². The summed E-state index contributed by atoms with van der Waals surface area (Å²) in [5, 5.41) is 3.81. The van der Waals surface area contributed by atoms with Crippen molar-refractivity contribution in [3.63, 3.8) is 0 Å². The van der Waals surface area contributed by atoms with Gasteiger partial charge in [0.25, 0.3) is 5.91 Å². The fourth-order valence-electron chi connectivity index (χ4n) is 3.58. The van der Waals surface area contributed by atoms with Crippen LogP contribution in [0.4, 0.5) is 5.13 Å². The number of nitrogens with zero attached hydrogens (tertiary/aromatic N) is 3. The third-order valence-corrected chi connectivity index (χ3v) is 6.43. The van der Waals surface area contributed by atoms with Gasteiger partial charge in [-0.15, -0.1) is 0 Å². The number of ether oxygens (including phenoxy) is 2. The summed E-state index contributed by atoms with van der Waals surface area (Å²) in [5.41, 5.74) is 2.48. The van der Waals surface area contributed by atoms with E-state index in [4.69, 9.17) is 9.47 Å². The molecule has 0 bridgehead atoms. The normalized spacial score (nSPS) is 19.0. The summed E-state index contributed by atoms with van der Waals surface area (Å²) < 4.78 is 10.8. The number of thiazole rings is 1. The fourth-order valence-corrected chi connectivity index (χ4v) is 4.58. The number of hydrogen-bond donors (Lipinski definition) is 2. The first-order chi connectivity index (χ1) is 14.4. The minimum atomic E-state index is -0.343. The largest absolute Gasteiger partial charge is 0.462 e. The number of piperidine rings is 1. The Morgan fingerprint density at radius 2 is 2.07 bits per heavy atom. The molecule has 3 rings (SSSR count). The molecule has 2 aromatic rings. The second kappa shape index (κ2) is 9.57. The second-order valence-electron chi connectivity index (χ2n) is 7.23. The van der Waals surface area contributed by atoms with Crippen LogP contribution >= 0.6 is 11.3 Å². The maximum absolute atomic E-state index is 12.7.